The number of aromatic hydroxyl groups is 1. The van der Waals surface area contributed by atoms with Crippen LogP contribution in [0.25, 0.3) is 16.7 Å². The predicted molar refractivity (Wildman–Crippen MR) is 107 cm³/mol. The number of fused-ring (bicyclic) bond motifs is 1. The standard InChI is InChI=1S/C20H18N6O2/c1-2-28-18-10-14(8-9-17(18)27)11-23-25-19-16-12-24-26(20(16)22-13-21-19)15-6-4-3-5-7-15/h3-13,27H,2H2,1H3,(H,21,22,25). The molecule has 8 heteroatoms. The van der Waals surface area contributed by atoms with Gasteiger partial charge in [0.05, 0.1) is 30.1 Å². The molecule has 8 nitrogen and oxygen atoms in total. The molecular formula is C20H18N6O2. The Hall–Kier alpha value is -3.94. The van der Waals surface area contributed by atoms with Gasteiger partial charge in [0.2, 0.25) is 0 Å². The Kier molecular flexibility index (Phi) is 4.83. The Balaban J connectivity index is 1.58. The molecule has 0 atom stereocenters. The number of hydrogen-bond acceptors (Lipinski definition) is 7. The molecule has 0 aliphatic heterocycles. The zero-order valence-corrected chi connectivity index (χ0v) is 15.1. The Morgan fingerprint density at radius 1 is 1.18 bits per heavy atom. The van der Waals surface area contributed by atoms with Crippen molar-refractivity contribution >= 4 is 23.1 Å². The third-order valence-corrected chi connectivity index (χ3v) is 4.03. The van der Waals surface area contributed by atoms with Crippen molar-refractivity contribution in [3.8, 4) is 17.2 Å². The van der Waals surface area contributed by atoms with Crippen LogP contribution in [0.5, 0.6) is 11.5 Å². The van der Waals surface area contributed by atoms with Gasteiger partial charge in [-0.2, -0.15) is 10.2 Å². The molecule has 0 bridgehead atoms. The van der Waals surface area contributed by atoms with Gasteiger partial charge >= 0.3 is 0 Å². The maximum Gasteiger partial charge on any atom is 0.168 e. The number of hydrogen-bond donors (Lipinski definition) is 2. The van der Waals surface area contributed by atoms with E-state index < -0.39 is 0 Å². The topological polar surface area (TPSA) is 97.5 Å². The van der Waals surface area contributed by atoms with E-state index in [1.54, 1.807) is 35.3 Å². The minimum atomic E-state index is 0.0952. The molecular weight excluding hydrogens is 356 g/mol. The van der Waals surface area contributed by atoms with Crippen LogP contribution in [0, 0.1) is 0 Å². The van der Waals surface area contributed by atoms with E-state index in [0.29, 0.717) is 23.8 Å². The van der Waals surface area contributed by atoms with E-state index in [1.165, 1.54) is 6.33 Å². The summed E-state index contributed by atoms with van der Waals surface area (Å²) in [5.74, 6) is 1.06. The van der Waals surface area contributed by atoms with Gasteiger partial charge in [0, 0.05) is 0 Å². The van der Waals surface area contributed by atoms with E-state index in [1.807, 2.05) is 37.3 Å². The summed E-state index contributed by atoms with van der Waals surface area (Å²) in [7, 11) is 0. The first-order chi connectivity index (χ1) is 13.8. The lowest BCUT2D eigenvalue weighted by Gasteiger charge is -2.06. The summed E-state index contributed by atoms with van der Waals surface area (Å²) in [4.78, 5) is 8.59. The third-order valence-electron chi connectivity index (χ3n) is 4.03. The zero-order chi connectivity index (χ0) is 19.3. The van der Waals surface area contributed by atoms with Crippen LogP contribution in [-0.4, -0.2) is 37.7 Å². The van der Waals surface area contributed by atoms with Crippen LogP contribution in [0.15, 0.2) is 66.2 Å². The molecule has 4 aromatic rings. The number of hydrazone groups is 1. The van der Waals surface area contributed by atoms with E-state index in [9.17, 15) is 5.11 Å². The fraction of sp³-hybridized carbons (Fsp3) is 0.100. The quantitative estimate of drug-likeness (QED) is 0.397. The summed E-state index contributed by atoms with van der Waals surface area (Å²) >= 11 is 0. The number of anilines is 1. The summed E-state index contributed by atoms with van der Waals surface area (Å²) < 4.78 is 7.13. The first kappa shape index (κ1) is 17.5. The number of benzene rings is 2. The van der Waals surface area contributed by atoms with Gasteiger partial charge in [-0.3, -0.25) is 5.43 Å². The van der Waals surface area contributed by atoms with Gasteiger partial charge in [-0.25, -0.2) is 14.6 Å². The van der Waals surface area contributed by atoms with Crippen LogP contribution in [0.4, 0.5) is 5.82 Å². The third kappa shape index (κ3) is 3.48. The highest BCUT2D eigenvalue weighted by molar-refractivity contribution is 5.88. The Labute approximate surface area is 161 Å². The predicted octanol–water partition coefficient (Wildman–Crippen LogP) is 3.37. The lowest BCUT2D eigenvalue weighted by molar-refractivity contribution is 0.318. The van der Waals surface area contributed by atoms with Crippen molar-refractivity contribution in [2.75, 3.05) is 12.0 Å². The van der Waals surface area contributed by atoms with Crippen LogP contribution < -0.4 is 10.2 Å². The molecule has 0 fully saturated rings. The highest BCUT2D eigenvalue weighted by Gasteiger charge is 2.10. The van der Waals surface area contributed by atoms with Crippen molar-refractivity contribution in [3.63, 3.8) is 0 Å². The molecule has 140 valence electrons. The molecule has 2 aromatic heterocycles. The van der Waals surface area contributed by atoms with E-state index in [2.05, 4.69) is 25.6 Å². The molecule has 0 radical (unpaired) electrons. The number of ether oxygens (including phenoxy) is 1. The summed E-state index contributed by atoms with van der Waals surface area (Å²) in [6.07, 6.45) is 4.79. The number of phenols is 1. The van der Waals surface area contributed by atoms with Crippen molar-refractivity contribution in [2.45, 2.75) is 6.92 Å². The molecule has 28 heavy (non-hydrogen) atoms. The van der Waals surface area contributed by atoms with Gasteiger partial charge in [-0.15, -0.1) is 0 Å². The first-order valence-corrected chi connectivity index (χ1v) is 8.75. The van der Waals surface area contributed by atoms with E-state index in [4.69, 9.17) is 4.74 Å². The molecule has 0 saturated heterocycles. The van der Waals surface area contributed by atoms with Crippen LogP contribution in [0.3, 0.4) is 0 Å². The van der Waals surface area contributed by atoms with Crippen LogP contribution in [0.1, 0.15) is 12.5 Å². The zero-order valence-electron chi connectivity index (χ0n) is 15.1. The van der Waals surface area contributed by atoms with Crippen molar-refractivity contribution in [2.24, 2.45) is 5.10 Å². The van der Waals surface area contributed by atoms with E-state index in [-0.39, 0.29) is 5.75 Å². The van der Waals surface area contributed by atoms with Gasteiger partial charge < -0.3 is 9.84 Å². The minimum Gasteiger partial charge on any atom is -0.504 e. The summed E-state index contributed by atoms with van der Waals surface area (Å²) in [6.45, 7) is 2.33. The average molecular weight is 374 g/mol. The van der Waals surface area contributed by atoms with Gasteiger partial charge in [-0.05, 0) is 42.8 Å². The Bertz CT molecular complexity index is 1120. The summed E-state index contributed by atoms with van der Waals surface area (Å²) in [5, 5.41) is 19.2. The molecule has 0 aliphatic rings. The maximum atomic E-state index is 9.77. The maximum absolute atomic E-state index is 9.77. The smallest absolute Gasteiger partial charge is 0.168 e. The second-order valence-electron chi connectivity index (χ2n) is 5.88. The number of aromatic nitrogens is 4. The first-order valence-electron chi connectivity index (χ1n) is 8.75. The highest BCUT2D eigenvalue weighted by atomic mass is 16.5. The van der Waals surface area contributed by atoms with Gasteiger partial charge in [-0.1, -0.05) is 18.2 Å². The molecule has 0 saturated carbocycles. The number of para-hydroxylation sites is 1. The molecule has 0 amide bonds. The molecule has 4 rings (SSSR count). The van der Waals surface area contributed by atoms with Crippen molar-refractivity contribution in [3.05, 3.63) is 66.6 Å². The minimum absolute atomic E-state index is 0.0952. The normalized spacial score (nSPS) is 11.2. The second kappa shape index (κ2) is 7.75. The summed E-state index contributed by atoms with van der Waals surface area (Å²) in [5.41, 5.74) is 5.30. The monoisotopic (exact) mass is 374 g/mol. The lowest BCUT2D eigenvalue weighted by atomic mass is 10.2. The van der Waals surface area contributed by atoms with Gasteiger partial charge in [0.15, 0.2) is 23.0 Å². The Morgan fingerprint density at radius 2 is 2.04 bits per heavy atom. The van der Waals surface area contributed by atoms with Gasteiger partial charge in [0.25, 0.3) is 0 Å². The number of phenolic OH excluding ortho intramolecular Hbond substituents is 1. The van der Waals surface area contributed by atoms with Crippen LogP contribution in [-0.2, 0) is 0 Å². The molecule has 0 aliphatic carbocycles. The second-order valence-corrected chi connectivity index (χ2v) is 5.88. The fourth-order valence-corrected chi connectivity index (χ4v) is 2.74. The van der Waals surface area contributed by atoms with E-state index >= 15 is 0 Å². The largest absolute Gasteiger partial charge is 0.504 e. The Morgan fingerprint density at radius 3 is 2.86 bits per heavy atom. The fourth-order valence-electron chi connectivity index (χ4n) is 2.74. The number of nitrogens with zero attached hydrogens (tertiary/aromatic N) is 5. The lowest BCUT2D eigenvalue weighted by Crippen LogP contribution is -1.99. The molecule has 2 aromatic carbocycles. The average Bonchev–Trinajstić information content (AvgIpc) is 3.16. The molecule has 0 spiro atoms. The number of nitrogens with one attached hydrogen (secondary N) is 1. The molecule has 0 unspecified atom stereocenters. The number of rotatable bonds is 6. The summed E-state index contributed by atoms with van der Waals surface area (Å²) in [6, 6.07) is 14.8. The van der Waals surface area contributed by atoms with E-state index in [0.717, 1.165) is 16.6 Å². The van der Waals surface area contributed by atoms with Crippen LogP contribution >= 0.6 is 0 Å². The highest BCUT2D eigenvalue weighted by Crippen LogP contribution is 2.26. The van der Waals surface area contributed by atoms with Crippen molar-refractivity contribution in [1.82, 2.24) is 19.7 Å². The van der Waals surface area contributed by atoms with Crippen molar-refractivity contribution < 1.29 is 9.84 Å². The van der Waals surface area contributed by atoms with Crippen molar-refractivity contribution in [1.29, 1.82) is 0 Å². The van der Waals surface area contributed by atoms with Gasteiger partial charge in [0.1, 0.15) is 6.33 Å². The van der Waals surface area contributed by atoms with Crippen LogP contribution in [0.2, 0.25) is 0 Å². The molecule has 2 N–H and O–H groups in total. The molecule has 2 heterocycles. The SMILES string of the molecule is CCOc1cc(C=NNc2ncnc3c2cnn3-c2ccccc2)ccc1O.